The zero-order chi connectivity index (χ0) is 14.1. The number of nitrogens with zero attached hydrogens (tertiary/aromatic N) is 1. The Morgan fingerprint density at radius 3 is 2.63 bits per heavy atom. The zero-order valence-corrected chi connectivity index (χ0v) is 12.2. The summed E-state index contributed by atoms with van der Waals surface area (Å²) in [6.07, 6.45) is 2.96. The lowest BCUT2D eigenvalue weighted by molar-refractivity contribution is 0.0537. The molecule has 1 fully saturated rings. The molecule has 0 spiro atoms. The first-order chi connectivity index (χ1) is 8.86. The monoisotopic (exact) mass is 287 g/mol. The second-order valence-corrected chi connectivity index (χ2v) is 6.94. The van der Waals surface area contributed by atoms with E-state index in [4.69, 9.17) is 10.5 Å². The van der Waals surface area contributed by atoms with Gasteiger partial charge in [0.1, 0.15) is 0 Å². The fourth-order valence-corrected chi connectivity index (χ4v) is 3.79. The molecule has 0 saturated carbocycles. The topological polar surface area (TPSA) is 86.3 Å². The van der Waals surface area contributed by atoms with Crippen molar-refractivity contribution in [2.75, 3.05) is 13.2 Å². The van der Waals surface area contributed by atoms with Crippen molar-refractivity contribution in [3.8, 4) is 0 Å². The largest absolute Gasteiger partial charge is 0.381 e. The number of nitrogens with one attached hydrogen (secondary N) is 1. The van der Waals surface area contributed by atoms with Crippen molar-refractivity contribution < 1.29 is 13.2 Å². The zero-order valence-electron chi connectivity index (χ0n) is 11.3. The summed E-state index contributed by atoms with van der Waals surface area (Å²) >= 11 is 0. The molecule has 0 aromatic carbocycles. The number of nitrogens with two attached hydrogens (primary N) is 1. The van der Waals surface area contributed by atoms with Gasteiger partial charge in [0.2, 0.25) is 10.0 Å². The third-order valence-corrected chi connectivity index (χ3v) is 5.18. The normalized spacial score (nSPS) is 19.5. The number of hydrogen-bond donors (Lipinski definition) is 2. The molecule has 0 unspecified atom stereocenters. The van der Waals surface area contributed by atoms with Crippen LogP contribution in [0.15, 0.2) is 17.2 Å². The Hall–Kier alpha value is -0.890. The van der Waals surface area contributed by atoms with Crippen LogP contribution in [-0.2, 0) is 28.4 Å². The van der Waals surface area contributed by atoms with Crippen molar-refractivity contribution in [2.45, 2.75) is 36.7 Å². The van der Waals surface area contributed by atoms with Crippen LogP contribution in [0, 0.1) is 0 Å². The maximum atomic E-state index is 12.4. The predicted molar refractivity (Wildman–Crippen MR) is 72.1 cm³/mol. The summed E-state index contributed by atoms with van der Waals surface area (Å²) in [5.74, 6) is 0. The molecule has 3 N–H and O–H groups in total. The van der Waals surface area contributed by atoms with E-state index in [1.165, 1.54) is 0 Å². The first-order valence-electron chi connectivity index (χ1n) is 6.33. The molecule has 6 nitrogen and oxygen atoms in total. The molecule has 7 heteroatoms. The van der Waals surface area contributed by atoms with Crippen LogP contribution in [0.2, 0.25) is 0 Å². The molecule has 0 aliphatic carbocycles. The Bertz CT molecular complexity index is 545. The van der Waals surface area contributed by atoms with Crippen molar-refractivity contribution in [1.29, 1.82) is 0 Å². The van der Waals surface area contributed by atoms with E-state index in [2.05, 4.69) is 4.72 Å². The highest BCUT2D eigenvalue weighted by molar-refractivity contribution is 7.89. The third-order valence-electron chi connectivity index (χ3n) is 3.58. The maximum absolute atomic E-state index is 12.4. The molecule has 108 valence electrons. The van der Waals surface area contributed by atoms with Gasteiger partial charge in [0.15, 0.2) is 0 Å². The van der Waals surface area contributed by atoms with Crippen LogP contribution in [0.4, 0.5) is 0 Å². The van der Waals surface area contributed by atoms with Gasteiger partial charge in [-0.15, -0.1) is 0 Å². The molecule has 1 saturated heterocycles. The molecule has 2 rings (SSSR count). The lowest BCUT2D eigenvalue weighted by Crippen LogP contribution is -2.49. The average Bonchev–Trinajstić information content (AvgIpc) is 2.71. The number of ether oxygens (including phenoxy) is 1. The van der Waals surface area contributed by atoms with Gasteiger partial charge in [0, 0.05) is 44.2 Å². The first-order valence-corrected chi connectivity index (χ1v) is 7.82. The summed E-state index contributed by atoms with van der Waals surface area (Å²) < 4.78 is 34.6. The fourth-order valence-electron chi connectivity index (χ4n) is 2.23. The number of aryl methyl sites for hydroxylation is 1. The van der Waals surface area contributed by atoms with E-state index in [-0.39, 0.29) is 4.90 Å². The Balaban J connectivity index is 2.21. The van der Waals surface area contributed by atoms with Crippen LogP contribution in [0.1, 0.15) is 25.5 Å². The lowest BCUT2D eigenvalue weighted by atomic mass is 9.94. The van der Waals surface area contributed by atoms with Crippen molar-refractivity contribution in [3.63, 3.8) is 0 Å². The maximum Gasteiger partial charge on any atom is 0.242 e. The average molecular weight is 287 g/mol. The summed E-state index contributed by atoms with van der Waals surface area (Å²) in [6, 6.07) is 1.62. The highest BCUT2D eigenvalue weighted by Gasteiger charge is 2.33. The van der Waals surface area contributed by atoms with Crippen LogP contribution in [0.3, 0.4) is 0 Å². The van der Waals surface area contributed by atoms with Crippen molar-refractivity contribution >= 4 is 10.0 Å². The van der Waals surface area contributed by atoms with Crippen LogP contribution in [0.5, 0.6) is 0 Å². The second kappa shape index (κ2) is 5.24. The molecule has 0 radical (unpaired) electrons. The van der Waals surface area contributed by atoms with Gasteiger partial charge in [-0.05, 0) is 25.8 Å². The molecule has 1 aromatic heterocycles. The summed E-state index contributed by atoms with van der Waals surface area (Å²) in [5, 5.41) is 0. The minimum atomic E-state index is -3.51. The van der Waals surface area contributed by atoms with Crippen LogP contribution >= 0.6 is 0 Å². The van der Waals surface area contributed by atoms with E-state index in [1.54, 1.807) is 23.9 Å². The fraction of sp³-hybridized carbons (Fsp3) is 0.667. The van der Waals surface area contributed by atoms with E-state index in [1.807, 2.05) is 6.92 Å². The molecule has 1 aliphatic heterocycles. The SMILES string of the molecule is Cn1cc(S(=O)(=O)NC2(C)CCOCC2)cc1CN. The van der Waals surface area contributed by atoms with E-state index in [0.29, 0.717) is 32.6 Å². The molecule has 2 heterocycles. The van der Waals surface area contributed by atoms with Gasteiger partial charge in [-0.25, -0.2) is 13.1 Å². The quantitative estimate of drug-likeness (QED) is 0.835. The highest BCUT2D eigenvalue weighted by Crippen LogP contribution is 2.23. The van der Waals surface area contributed by atoms with Gasteiger partial charge in [-0.2, -0.15) is 0 Å². The van der Waals surface area contributed by atoms with Gasteiger partial charge in [0.25, 0.3) is 0 Å². The first kappa shape index (κ1) is 14.5. The number of rotatable bonds is 4. The van der Waals surface area contributed by atoms with Gasteiger partial charge in [-0.1, -0.05) is 0 Å². The van der Waals surface area contributed by atoms with Crippen LogP contribution in [-0.4, -0.2) is 31.7 Å². The van der Waals surface area contributed by atoms with Crippen molar-refractivity contribution in [2.24, 2.45) is 12.8 Å². The smallest absolute Gasteiger partial charge is 0.242 e. The summed E-state index contributed by atoms with van der Waals surface area (Å²) in [7, 11) is -1.72. The standard InChI is InChI=1S/C12H21N3O3S/c1-12(3-5-18-6-4-12)14-19(16,17)11-7-10(8-13)15(2)9-11/h7,9,14H,3-6,8,13H2,1-2H3. The molecule has 0 atom stereocenters. The van der Waals surface area contributed by atoms with Crippen LogP contribution < -0.4 is 10.5 Å². The molecular formula is C12H21N3O3S. The predicted octanol–water partition coefficient (Wildman–Crippen LogP) is 0.331. The Kier molecular flexibility index (Phi) is 4.00. The Morgan fingerprint density at radius 1 is 1.47 bits per heavy atom. The lowest BCUT2D eigenvalue weighted by Gasteiger charge is -2.33. The number of aromatic nitrogens is 1. The highest BCUT2D eigenvalue weighted by atomic mass is 32.2. The summed E-state index contributed by atoms with van der Waals surface area (Å²) in [5.41, 5.74) is 5.92. The number of sulfonamides is 1. The molecule has 0 bridgehead atoms. The van der Waals surface area contributed by atoms with Crippen molar-refractivity contribution in [1.82, 2.24) is 9.29 Å². The summed E-state index contributed by atoms with van der Waals surface area (Å²) in [4.78, 5) is 0.267. The Labute approximate surface area is 114 Å². The minimum absolute atomic E-state index is 0.267. The van der Waals surface area contributed by atoms with Gasteiger partial charge in [0.05, 0.1) is 4.90 Å². The second-order valence-electron chi connectivity index (χ2n) is 5.26. The molecule has 1 aromatic rings. The molecule has 0 amide bonds. The molecule has 1 aliphatic rings. The van der Waals surface area contributed by atoms with E-state index < -0.39 is 15.6 Å². The van der Waals surface area contributed by atoms with Gasteiger partial charge >= 0.3 is 0 Å². The number of hydrogen-bond acceptors (Lipinski definition) is 4. The minimum Gasteiger partial charge on any atom is -0.381 e. The summed E-state index contributed by atoms with van der Waals surface area (Å²) in [6.45, 7) is 3.40. The Morgan fingerprint density at radius 2 is 2.11 bits per heavy atom. The molecule has 19 heavy (non-hydrogen) atoms. The third kappa shape index (κ3) is 3.17. The van der Waals surface area contributed by atoms with E-state index >= 15 is 0 Å². The van der Waals surface area contributed by atoms with Gasteiger partial charge < -0.3 is 15.0 Å². The van der Waals surface area contributed by atoms with E-state index in [0.717, 1.165) is 5.69 Å². The van der Waals surface area contributed by atoms with Crippen LogP contribution in [0.25, 0.3) is 0 Å². The molecular weight excluding hydrogens is 266 g/mol. The van der Waals surface area contributed by atoms with Crippen molar-refractivity contribution in [3.05, 3.63) is 18.0 Å². The van der Waals surface area contributed by atoms with Gasteiger partial charge in [-0.3, -0.25) is 0 Å². The van der Waals surface area contributed by atoms with E-state index in [9.17, 15) is 8.42 Å².